The minimum absolute atomic E-state index is 0.202. The van der Waals surface area contributed by atoms with Crippen LogP contribution in [0, 0.1) is 110 Å². The first-order chi connectivity index (χ1) is 60.5. The van der Waals surface area contributed by atoms with Gasteiger partial charge in [-0.25, -0.2) is 27.8 Å². The molecule has 7 heteroatoms. The second-order valence-electron chi connectivity index (χ2n) is 32.2. The Morgan fingerprint density at radius 3 is 1.18 bits per heavy atom. The van der Waals surface area contributed by atoms with Gasteiger partial charge in [0.05, 0.1) is 49.4 Å². The lowest BCUT2D eigenvalue weighted by Crippen LogP contribution is -2.31. The lowest BCUT2D eigenvalue weighted by atomic mass is 9.93. The number of hydrogen-bond acceptors (Lipinski definition) is 2. The third-order valence-corrected chi connectivity index (χ3v) is 22.9. The van der Waals surface area contributed by atoms with Crippen molar-refractivity contribution in [3.63, 3.8) is 0 Å². The van der Waals surface area contributed by atoms with E-state index in [2.05, 4.69) is 216 Å². The molecule has 0 fully saturated rings. The lowest BCUT2D eigenvalue weighted by molar-refractivity contribution is -0.660. The maximum Gasteiger partial charge on any atom is 0.227 e. The fraction of sp³-hybridized carbons (Fsp3) is 0.248. The Morgan fingerprint density at radius 2 is 0.733 bits per heavy atom. The molecule has 0 N–H and O–H groups in total. The summed E-state index contributed by atoms with van der Waals surface area (Å²) in [5, 5.41) is 10.8. The zero-order valence-electron chi connectivity index (χ0n) is 84.3. The maximum absolute atomic E-state index is 8.30. The van der Waals surface area contributed by atoms with Crippen LogP contribution in [-0.2, 0) is 35.2 Å². The van der Waals surface area contributed by atoms with Crippen molar-refractivity contribution in [2.45, 2.75) is 150 Å². The molecule has 0 aliphatic rings. The molecular weight excluding hydrogens is 1410 g/mol. The van der Waals surface area contributed by atoms with Gasteiger partial charge < -0.3 is 4.42 Å². The summed E-state index contributed by atoms with van der Waals surface area (Å²) in [6, 6.07) is 71.7. The number of furan rings is 1. The minimum Gasteiger partial charge on any atom is -0.437 e. The van der Waals surface area contributed by atoms with Gasteiger partial charge in [0, 0.05) is 70.2 Å². The molecule has 584 valence electrons. The van der Waals surface area contributed by atoms with Crippen LogP contribution in [0.3, 0.4) is 0 Å². The lowest BCUT2D eigenvalue weighted by Gasteiger charge is -2.12. The summed E-state index contributed by atoms with van der Waals surface area (Å²) in [6.07, 6.45) is 9.97. The van der Waals surface area contributed by atoms with Gasteiger partial charge in [-0.1, -0.05) is 171 Å². The van der Waals surface area contributed by atoms with Crippen LogP contribution < -0.4 is 22.8 Å². The Labute approximate surface area is 707 Å². The van der Waals surface area contributed by atoms with E-state index in [0.29, 0.717) is 61.5 Å². The summed E-state index contributed by atoms with van der Waals surface area (Å²) in [6.45, 7) is 23.9. The number of hydrogen-bond donors (Lipinski definition) is 0. The number of aromatic nitrogens is 6. The smallest absolute Gasteiger partial charge is 0.227 e. The van der Waals surface area contributed by atoms with Crippen LogP contribution in [0.4, 0.5) is 0 Å². The Bertz CT molecular complexity index is 7210. The number of nitrogens with zero attached hydrogens (tertiary/aromatic N) is 6. The molecule has 10 aromatic carbocycles. The molecule has 7 aromatic heterocycles. The molecule has 7 heterocycles. The highest BCUT2D eigenvalue weighted by Gasteiger charge is 2.27. The molecular formula is C109H117N6O+5. The maximum atomic E-state index is 8.30. The van der Waals surface area contributed by atoms with Gasteiger partial charge in [0.15, 0.2) is 36.6 Å². The molecule has 0 atom stereocenters. The van der Waals surface area contributed by atoms with E-state index in [-0.39, 0.29) is 11.1 Å². The molecule has 116 heavy (non-hydrogen) atoms. The third kappa shape index (κ3) is 16.8. The molecule has 0 spiro atoms. The third-order valence-electron chi connectivity index (χ3n) is 22.9. The summed E-state index contributed by atoms with van der Waals surface area (Å²) >= 11 is 0. The summed E-state index contributed by atoms with van der Waals surface area (Å²) in [5.74, 6) is -0.111. The van der Waals surface area contributed by atoms with Crippen molar-refractivity contribution in [2.75, 3.05) is 0 Å². The van der Waals surface area contributed by atoms with Crippen molar-refractivity contribution < 1.29 is 45.1 Å². The van der Waals surface area contributed by atoms with E-state index < -0.39 is 33.3 Å². The summed E-state index contributed by atoms with van der Waals surface area (Å²) in [5.41, 5.74) is 29.5. The van der Waals surface area contributed by atoms with Crippen molar-refractivity contribution >= 4 is 65.2 Å². The van der Waals surface area contributed by atoms with E-state index in [1.807, 2.05) is 165 Å². The van der Waals surface area contributed by atoms with E-state index in [1.54, 1.807) is 36.0 Å². The highest BCUT2D eigenvalue weighted by Crippen LogP contribution is 2.42. The van der Waals surface area contributed by atoms with Gasteiger partial charge in [0.25, 0.3) is 0 Å². The number of benzene rings is 10. The number of fused-ring (bicyclic) bond motifs is 7. The van der Waals surface area contributed by atoms with Crippen molar-refractivity contribution in [1.82, 2.24) is 4.98 Å². The van der Waals surface area contributed by atoms with Gasteiger partial charge in [0.2, 0.25) is 34.2 Å². The van der Waals surface area contributed by atoms with E-state index in [9.17, 15) is 0 Å². The van der Waals surface area contributed by atoms with Crippen molar-refractivity contribution in [3.05, 3.63) is 344 Å². The van der Waals surface area contributed by atoms with Crippen molar-refractivity contribution in [2.24, 2.45) is 35.2 Å². The molecule has 7 nitrogen and oxygen atoms in total. The highest BCUT2D eigenvalue weighted by atomic mass is 16.3. The summed E-state index contributed by atoms with van der Waals surface area (Å²) in [7, 11) is 10.0. The normalized spacial score (nSPS) is 13.5. The molecule has 0 saturated heterocycles. The van der Waals surface area contributed by atoms with Gasteiger partial charge in [0.1, 0.15) is 35.2 Å². The Balaban J connectivity index is 0.000000140. The topological polar surface area (TPSA) is 45.4 Å². The molecule has 0 amide bonds. The predicted molar refractivity (Wildman–Crippen MR) is 490 cm³/mol. The first-order valence-electron chi connectivity index (χ1n) is 46.4. The van der Waals surface area contributed by atoms with Crippen LogP contribution in [0.25, 0.3) is 133 Å². The average Bonchev–Trinajstić information content (AvgIpc) is 1.61. The van der Waals surface area contributed by atoms with Crippen molar-refractivity contribution in [1.29, 1.82) is 0 Å². The van der Waals surface area contributed by atoms with Gasteiger partial charge in [-0.15, -0.1) is 0 Å². The van der Waals surface area contributed by atoms with Gasteiger partial charge in [-0.05, 0) is 282 Å². The molecule has 0 aliphatic heterocycles. The molecule has 0 unspecified atom stereocenters. The fourth-order valence-electron chi connectivity index (χ4n) is 16.3. The Morgan fingerprint density at radius 1 is 0.336 bits per heavy atom. The van der Waals surface area contributed by atoms with Gasteiger partial charge >= 0.3 is 0 Å². The predicted octanol–water partition coefficient (Wildman–Crippen LogP) is 25.6. The Hall–Kier alpha value is -12.1. The second kappa shape index (κ2) is 34.2. The van der Waals surface area contributed by atoms with E-state index in [0.717, 1.165) is 83.1 Å². The quantitative estimate of drug-likeness (QED) is 0.142. The number of pyridine rings is 6. The van der Waals surface area contributed by atoms with Crippen LogP contribution in [0.2, 0.25) is 0 Å². The van der Waals surface area contributed by atoms with E-state index >= 15 is 0 Å². The molecule has 17 rings (SSSR count). The second-order valence-corrected chi connectivity index (χ2v) is 32.2. The first-order valence-corrected chi connectivity index (χ1v) is 39.9. The minimum atomic E-state index is -2.36. The van der Waals surface area contributed by atoms with Crippen LogP contribution >= 0.6 is 0 Å². The van der Waals surface area contributed by atoms with E-state index in [4.69, 9.17) is 22.2 Å². The van der Waals surface area contributed by atoms with Crippen LogP contribution in [-0.4, -0.2) is 4.98 Å². The fourth-order valence-corrected chi connectivity index (χ4v) is 16.3. The number of aryl methyl sites for hydroxylation is 17. The van der Waals surface area contributed by atoms with Crippen molar-refractivity contribution in [3.8, 4) is 67.4 Å². The first kappa shape index (κ1) is 66.2. The molecule has 0 saturated carbocycles. The molecule has 0 aliphatic carbocycles. The molecule has 0 radical (unpaired) electrons. The zero-order valence-corrected chi connectivity index (χ0v) is 71.3. The standard InChI is InChI=1S/C27H25N2O.2C22H26N.2C19H20N/c1-16-13-17(2)25(26-24(16)21-12-11-19(4)28-27(21)30-26)23-14-22(18(3)15-29(23)5)20-9-7-6-8-10-20;2*1-14(2)18-7-8-20-19(13-18)9-10-23(6)22(20)21-12-15(3)11-16(4)17(21)5;2*1-13-11-14(2)15(3)18(12-13)19-17-8-6-5-7-16(17)9-10-20(19)4/h6-15H,1-5H3;2*7-14H,1-6H3;2*5-12H,1-4H3/q5*+1/i1D3,3D3;4D3,14D;;2D3;. The van der Waals surface area contributed by atoms with Gasteiger partial charge in [-0.2, -0.15) is 0 Å². The Kier molecular flexibility index (Phi) is 19.5. The summed E-state index contributed by atoms with van der Waals surface area (Å²) < 4.78 is 121. The zero-order chi connectivity index (χ0) is 93.9. The molecule has 0 bridgehead atoms. The monoisotopic (exact) mass is 1540 g/mol. The van der Waals surface area contributed by atoms with Gasteiger partial charge in [-0.3, -0.25) is 0 Å². The van der Waals surface area contributed by atoms with Crippen LogP contribution in [0.15, 0.2) is 248 Å². The average molecular weight is 1540 g/mol. The van der Waals surface area contributed by atoms with E-state index in [1.165, 1.54) is 83.0 Å². The molecule has 17 aromatic rings. The SMILES string of the molecule is Cc1cc(C)c(C)c(-c2c3ccc(C(C)C)cc3cc[n+]2C)c1.Cc1cc(C)c(C)c(-c2c3ccccc3cc[n+]2C)c1.[2H]C([2H])([2H])c1c[n+](C)c(-c2c(C)cc(C([2H])([2H])[2H])c3c2oc2nc(C)ccc23)cc1-c1ccccc1.[2H]C([2H])([2H])c1cc(C)cc(-c2c3ccc(C([2H])(C)C)cc3cc[n+]2C)c1C.[2H]C([2H])([2H])c1cc(C)cc(-c2c3ccccc3cc[n+]2C)c1C. The largest absolute Gasteiger partial charge is 0.437 e. The van der Waals surface area contributed by atoms with Crippen LogP contribution in [0.5, 0.6) is 0 Å². The highest BCUT2D eigenvalue weighted by molar-refractivity contribution is 6.11. The summed E-state index contributed by atoms with van der Waals surface area (Å²) in [4.78, 5) is 4.50. The number of rotatable bonds is 8. The van der Waals surface area contributed by atoms with Crippen LogP contribution in [0.1, 0.15) is 158 Å².